The highest BCUT2D eigenvalue weighted by Crippen LogP contribution is 2.39. The lowest BCUT2D eigenvalue weighted by Gasteiger charge is -2.26. The summed E-state index contributed by atoms with van der Waals surface area (Å²) >= 11 is 0. The zero-order valence-corrected chi connectivity index (χ0v) is 11.0. The minimum absolute atomic E-state index is 0.196. The molecule has 0 saturated heterocycles. The largest absolute Gasteiger partial charge is 0.330 e. The van der Waals surface area contributed by atoms with Crippen LogP contribution in [0.4, 0.5) is 0 Å². The third-order valence-electron chi connectivity index (χ3n) is 4.17. The van der Waals surface area contributed by atoms with Crippen molar-refractivity contribution < 1.29 is 0 Å². The smallest absolute Gasteiger partial charge is 0.157 e. The van der Waals surface area contributed by atoms with Crippen LogP contribution in [-0.4, -0.2) is 26.8 Å². The van der Waals surface area contributed by atoms with E-state index >= 15 is 0 Å². The predicted octanol–water partition coefficient (Wildman–Crippen LogP) is 1.72. The van der Waals surface area contributed by atoms with E-state index in [1.807, 2.05) is 35.0 Å². The summed E-state index contributed by atoms with van der Waals surface area (Å²) in [6.07, 6.45) is 5.77. The first-order chi connectivity index (χ1) is 9.33. The summed E-state index contributed by atoms with van der Waals surface area (Å²) in [5, 5.41) is 12.1. The van der Waals surface area contributed by atoms with Crippen molar-refractivity contribution in [3.8, 4) is 5.69 Å². The molecule has 1 heterocycles. The molecule has 5 heteroatoms. The van der Waals surface area contributed by atoms with Crippen LogP contribution in [0.1, 0.15) is 31.5 Å². The number of rotatable bonds is 4. The van der Waals surface area contributed by atoms with Crippen molar-refractivity contribution >= 4 is 0 Å². The minimum atomic E-state index is 0.196. The fourth-order valence-electron chi connectivity index (χ4n) is 3.00. The molecule has 0 unspecified atom stereocenters. The Kier molecular flexibility index (Phi) is 3.29. The molecule has 0 bridgehead atoms. The van der Waals surface area contributed by atoms with Crippen molar-refractivity contribution in [1.29, 1.82) is 0 Å². The molecule has 100 valence electrons. The highest BCUT2D eigenvalue weighted by Gasteiger charge is 2.34. The van der Waals surface area contributed by atoms with Crippen molar-refractivity contribution in [3.05, 3.63) is 36.2 Å². The lowest BCUT2D eigenvalue weighted by atomic mass is 9.82. The Morgan fingerprint density at radius 2 is 1.89 bits per heavy atom. The van der Waals surface area contributed by atoms with Gasteiger partial charge in [-0.1, -0.05) is 31.0 Å². The number of hydrogen-bond donors (Lipinski definition) is 1. The van der Waals surface area contributed by atoms with Gasteiger partial charge >= 0.3 is 0 Å². The Morgan fingerprint density at radius 3 is 2.58 bits per heavy atom. The Hall–Kier alpha value is -1.75. The number of benzene rings is 1. The van der Waals surface area contributed by atoms with Crippen LogP contribution >= 0.6 is 0 Å². The van der Waals surface area contributed by atoms with Crippen LogP contribution in [0.15, 0.2) is 30.3 Å². The number of para-hydroxylation sites is 1. The van der Waals surface area contributed by atoms with Gasteiger partial charge in [-0.2, -0.15) is 4.68 Å². The van der Waals surface area contributed by atoms with Gasteiger partial charge in [-0.3, -0.25) is 0 Å². The van der Waals surface area contributed by atoms with Gasteiger partial charge in [0.05, 0.1) is 5.69 Å². The quantitative estimate of drug-likeness (QED) is 0.905. The molecule has 5 nitrogen and oxygen atoms in total. The van der Waals surface area contributed by atoms with E-state index in [4.69, 9.17) is 5.73 Å². The first-order valence-corrected chi connectivity index (χ1v) is 6.86. The number of nitrogens with two attached hydrogens (primary N) is 1. The number of tetrazole rings is 1. The van der Waals surface area contributed by atoms with Crippen LogP contribution in [0.2, 0.25) is 0 Å². The molecule has 1 saturated carbocycles. The summed E-state index contributed by atoms with van der Waals surface area (Å²) in [6, 6.07) is 10.0. The van der Waals surface area contributed by atoms with E-state index in [0.29, 0.717) is 6.54 Å². The molecule has 0 spiro atoms. The van der Waals surface area contributed by atoms with Crippen molar-refractivity contribution in [2.24, 2.45) is 11.1 Å². The van der Waals surface area contributed by atoms with Crippen LogP contribution in [0.3, 0.4) is 0 Å². The summed E-state index contributed by atoms with van der Waals surface area (Å²) in [7, 11) is 0. The zero-order valence-electron chi connectivity index (χ0n) is 11.0. The number of nitrogens with zero attached hydrogens (tertiary/aromatic N) is 4. The molecule has 2 N–H and O–H groups in total. The molecule has 1 aromatic carbocycles. The third-order valence-corrected chi connectivity index (χ3v) is 4.17. The van der Waals surface area contributed by atoms with Gasteiger partial charge < -0.3 is 5.73 Å². The fraction of sp³-hybridized carbons (Fsp3) is 0.500. The van der Waals surface area contributed by atoms with E-state index in [2.05, 4.69) is 15.5 Å². The molecule has 1 aliphatic rings. The molecule has 0 atom stereocenters. The van der Waals surface area contributed by atoms with Gasteiger partial charge in [-0.15, -0.1) is 5.10 Å². The monoisotopic (exact) mass is 257 g/mol. The van der Waals surface area contributed by atoms with E-state index in [9.17, 15) is 0 Å². The maximum atomic E-state index is 6.00. The lowest BCUT2D eigenvalue weighted by molar-refractivity contribution is 0.297. The molecule has 1 fully saturated rings. The van der Waals surface area contributed by atoms with Crippen LogP contribution in [-0.2, 0) is 6.42 Å². The van der Waals surface area contributed by atoms with Gasteiger partial charge in [0, 0.05) is 6.42 Å². The van der Waals surface area contributed by atoms with Crippen LogP contribution in [0.25, 0.3) is 5.69 Å². The Bertz CT molecular complexity index is 528. The van der Waals surface area contributed by atoms with Crippen molar-refractivity contribution in [3.63, 3.8) is 0 Å². The van der Waals surface area contributed by atoms with E-state index < -0.39 is 0 Å². The van der Waals surface area contributed by atoms with Gasteiger partial charge in [-0.05, 0) is 47.4 Å². The Morgan fingerprint density at radius 1 is 1.16 bits per heavy atom. The molecular weight excluding hydrogens is 238 g/mol. The highest BCUT2D eigenvalue weighted by molar-refractivity contribution is 5.30. The SMILES string of the molecule is NCC1(Cc2nnnn2-c2ccccc2)CCCC1. The van der Waals surface area contributed by atoms with Crippen LogP contribution in [0, 0.1) is 5.41 Å². The molecule has 0 amide bonds. The average Bonchev–Trinajstić information content (AvgIpc) is 3.10. The molecule has 0 radical (unpaired) electrons. The van der Waals surface area contributed by atoms with Gasteiger partial charge in [-0.25, -0.2) is 0 Å². The highest BCUT2D eigenvalue weighted by atomic mass is 15.5. The third kappa shape index (κ3) is 2.38. The first-order valence-electron chi connectivity index (χ1n) is 6.86. The Balaban J connectivity index is 1.88. The van der Waals surface area contributed by atoms with Crippen molar-refractivity contribution in [2.75, 3.05) is 6.54 Å². The molecule has 0 aliphatic heterocycles. The van der Waals surface area contributed by atoms with Crippen molar-refractivity contribution in [1.82, 2.24) is 20.2 Å². The molecule has 19 heavy (non-hydrogen) atoms. The summed E-state index contributed by atoms with van der Waals surface area (Å²) in [5.41, 5.74) is 7.20. The van der Waals surface area contributed by atoms with E-state index in [1.165, 1.54) is 25.7 Å². The van der Waals surface area contributed by atoms with Crippen LogP contribution < -0.4 is 5.73 Å². The second-order valence-electron chi connectivity index (χ2n) is 5.43. The first kappa shape index (κ1) is 12.3. The standard InChI is InChI=1S/C14H19N5/c15-11-14(8-4-5-9-14)10-13-16-17-18-19(13)12-6-2-1-3-7-12/h1-3,6-7H,4-5,8-11,15H2. The molecular formula is C14H19N5. The van der Waals surface area contributed by atoms with Gasteiger partial charge in [0.1, 0.15) is 0 Å². The Labute approximate surface area is 112 Å². The maximum absolute atomic E-state index is 6.00. The van der Waals surface area contributed by atoms with Crippen molar-refractivity contribution in [2.45, 2.75) is 32.1 Å². The van der Waals surface area contributed by atoms with E-state index in [0.717, 1.165) is 17.9 Å². The van der Waals surface area contributed by atoms with Crippen LogP contribution in [0.5, 0.6) is 0 Å². The maximum Gasteiger partial charge on any atom is 0.157 e. The molecule has 1 aromatic heterocycles. The van der Waals surface area contributed by atoms with Gasteiger partial charge in [0.25, 0.3) is 0 Å². The lowest BCUT2D eigenvalue weighted by Crippen LogP contribution is -2.31. The zero-order chi connectivity index (χ0) is 13.1. The van der Waals surface area contributed by atoms with Gasteiger partial charge in [0.2, 0.25) is 0 Å². The number of hydrogen-bond acceptors (Lipinski definition) is 4. The fourth-order valence-corrected chi connectivity index (χ4v) is 3.00. The second-order valence-corrected chi connectivity index (χ2v) is 5.43. The van der Waals surface area contributed by atoms with E-state index in [-0.39, 0.29) is 5.41 Å². The normalized spacial score (nSPS) is 17.7. The topological polar surface area (TPSA) is 69.6 Å². The summed E-state index contributed by atoms with van der Waals surface area (Å²) < 4.78 is 1.83. The summed E-state index contributed by atoms with van der Waals surface area (Å²) in [4.78, 5) is 0. The second kappa shape index (κ2) is 5.09. The van der Waals surface area contributed by atoms with Gasteiger partial charge in [0.15, 0.2) is 5.82 Å². The van der Waals surface area contributed by atoms with E-state index in [1.54, 1.807) is 0 Å². The molecule has 3 rings (SSSR count). The minimum Gasteiger partial charge on any atom is -0.330 e. The molecule has 2 aromatic rings. The summed E-state index contributed by atoms with van der Waals surface area (Å²) in [6.45, 7) is 0.717. The predicted molar refractivity (Wildman–Crippen MR) is 72.8 cm³/mol. The average molecular weight is 257 g/mol. The summed E-state index contributed by atoms with van der Waals surface area (Å²) in [5.74, 6) is 0.915. The molecule has 1 aliphatic carbocycles. The number of aromatic nitrogens is 4.